The van der Waals surface area contributed by atoms with E-state index in [1.54, 1.807) is 6.92 Å². The molecule has 0 aliphatic carbocycles. The molecule has 1 aliphatic heterocycles. The predicted octanol–water partition coefficient (Wildman–Crippen LogP) is 3.11. The highest BCUT2D eigenvalue weighted by Gasteiger charge is 2.37. The smallest absolute Gasteiger partial charge is 0.308 e. The molecule has 0 bridgehead atoms. The predicted molar refractivity (Wildman–Crippen MR) is 85.3 cm³/mol. The maximum absolute atomic E-state index is 12.8. The largest absolute Gasteiger partial charge is 0.466 e. The van der Waals surface area contributed by atoms with Gasteiger partial charge in [-0.25, -0.2) is 0 Å². The summed E-state index contributed by atoms with van der Waals surface area (Å²) in [4.78, 5) is 26.6. The molecule has 22 heavy (non-hydrogen) atoms. The molecule has 0 spiro atoms. The molecule has 1 aromatic rings. The number of carbonyl (C=O) groups excluding carboxylic acids is 2. The molecule has 1 amide bonds. The number of benzene rings is 1. The summed E-state index contributed by atoms with van der Waals surface area (Å²) in [5, 5.41) is 0. The molecule has 120 valence electrons. The minimum Gasteiger partial charge on any atom is -0.466 e. The lowest BCUT2D eigenvalue weighted by molar-refractivity contribution is -0.148. The lowest BCUT2D eigenvalue weighted by Gasteiger charge is -2.40. The lowest BCUT2D eigenvalue weighted by Crippen LogP contribution is -2.46. The number of esters is 1. The van der Waals surface area contributed by atoms with E-state index in [0.29, 0.717) is 13.2 Å². The number of hydrogen-bond acceptors (Lipinski definition) is 3. The summed E-state index contributed by atoms with van der Waals surface area (Å²) in [5.74, 6) is -0.174. The number of rotatable bonds is 3. The molecular weight excluding hydrogens is 278 g/mol. The van der Waals surface area contributed by atoms with E-state index < -0.39 is 5.41 Å². The van der Waals surface area contributed by atoms with Crippen molar-refractivity contribution in [1.82, 2.24) is 4.90 Å². The van der Waals surface area contributed by atoms with E-state index in [9.17, 15) is 9.59 Å². The molecule has 1 aromatic carbocycles. The summed E-state index contributed by atoms with van der Waals surface area (Å²) < 4.78 is 5.10. The van der Waals surface area contributed by atoms with E-state index in [0.717, 1.165) is 12.0 Å². The molecule has 4 nitrogen and oxygen atoms in total. The van der Waals surface area contributed by atoms with Crippen LogP contribution in [0.4, 0.5) is 0 Å². The molecule has 1 aliphatic rings. The van der Waals surface area contributed by atoms with Crippen LogP contribution in [0.5, 0.6) is 0 Å². The van der Waals surface area contributed by atoms with Gasteiger partial charge in [-0.3, -0.25) is 9.59 Å². The number of carbonyl (C=O) groups is 2. The highest BCUT2D eigenvalue weighted by molar-refractivity contribution is 5.83. The minimum atomic E-state index is -0.459. The molecule has 4 heteroatoms. The zero-order valence-corrected chi connectivity index (χ0v) is 13.9. The van der Waals surface area contributed by atoms with Crippen LogP contribution in [0.25, 0.3) is 0 Å². The van der Waals surface area contributed by atoms with Crippen LogP contribution in [0.15, 0.2) is 24.3 Å². The van der Waals surface area contributed by atoms with Gasteiger partial charge in [0.25, 0.3) is 0 Å². The Morgan fingerprint density at radius 3 is 2.59 bits per heavy atom. The number of amides is 1. The van der Waals surface area contributed by atoms with E-state index in [1.165, 1.54) is 5.56 Å². The van der Waals surface area contributed by atoms with Crippen molar-refractivity contribution in [3.8, 4) is 0 Å². The maximum Gasteiger partial charge on any atom is 0.308 e. The summed E-state index contributed by atoms with van der Waals surface area (Å²) in [6.45, 7) is 8.55. The van der Waals surface area contributed by atoms with Gasteiger partial charge in [0, 0.05) is 12.0 Å². The molecule has 1 atom stereocenters. The number of ether oxygens (including phenoxy) is 1. The number of hydrogen-bond donors (Lipinski definition) is 0. The third-order valence-corrected chi connectivity index (χ3v) is 3.98. The van der Waals surface area contributed by atoms with Gasteiger partial charge >= 0.3 is 5.97 Å². The molecule has 1 heterocycles. The Morgan fingerprint density at radius 1 is 1.27 bits per heavy atom. The van der Waals surface area contributed by atoms with E-state index in [-0.39, 0.29) is 24.3 Å². The van der Waals surface area contributed by atoms with Gasteiger partial charge in [-0.05, 0) is 24.5 Å². The Bertz CT molecular complexity index is 560. The fourth-order valence-electron chi connectivity index (χ4n) is 2.92. The van der Waals surface area contributed by atoms with Crippen LogP contribution in [-0.4, -0.2) is 29.9 Å². The second kappa shape index (κ2) is 6.51. The monoisotopic (exact) mass is 303 g/mol. The highest BCUT2D eigenvalue weighted by atomic mass is 16.5. The van der Waals surface area contributed by atoms with Crippen LogP contribution in [-0.2, 0) is 20.7 Å². The second-order valence-corrected chi connectivity index (χ2v) is 6.72. The van der Waals surface area contributed by atoms with Crippen molar-refractivity contribution in [3.05, 3.63) is 35.4 Å². The van der Waals surface area contributed by atoms with E-state index >= 15 is 0 Å². The average Bonchev–Trinajstić information content (AvgIpc) is 2.46. The molecule has 0 saturated heterocycles. The van der Waals surface area contributed by atoms with Gasteiger partial charge in [-0.1, -0.05) is 45.0 Å². The van der Waals surface area contributed by atoms with E-state index in [2.05, 4.69) is 6.07 Å². The SMILES string of the molecule is CCOC(=O)CC1c2ccccc2CCN1C(=O)C(C)(C)C. The van der Waals surface area contributed by atoms with Gasteiger partial charge < -0.3 is 9.64 Å². The number of nitrogens with zero attached hydrogens (tertiary/aromatic N) is 1. The Labute approximate surface area is 132 Å². The summed E-state index contributed by atoms with van der Waals surface area (Å²) in [6, 6.07) is 7.83. The Morgan fingerprint density at radius 2 is 1.95 bits per heavy atom. The summed E-state index contributed by atoms with van der Waals surface area (Å²) >= 11 is 0. The van der Waals surface area contributed by atoms with Crippen LogP contribution in [0, 0.1) is 5.41 Å². The molecule has 0 fully saturated rings. The van der Waals surface area contributed by atoms with Gasteiger partial charge in [0.2, 0.25) is 5.91 Å². The Hall–Kier alpha value is -1.84. The quantitative estimate of drug-likeness (QED) is 0.806. The summed E-state index contributed by atoms with van der Waals surface area (Å²) in [7, 11) is 0. The third kappa shape index (κ3) is 3.49. The minimum absolute atomic E-state index is 0.0799. The number of fused-ring (bicyclic) bond motifs is 1. The first-order valence-electron chi connectivity index (χ1n) is 7.89. The summed E-state index contributed by atoms with van der Waals surface area (Å²) in [5.41, 5.74) is 1.83. The van der Waals surface area contributed by atoms with Crippen LogP contribution in [0.3, 0.4) is 0 Å². The fourth-order valence-corrected chi connectivity index (χ4v) is 2.92. The van der Waals surface area contributed by atoms with Crippen LogP contribution < -0.4 is 0 Å². The first kappa shape index (κ1) is 16.5. The molecule has 0 aromatic heterocycles. The fraction of sp³-hybridized carbons (Fsp3) is 0.556. The van der Waals surface area contributed by atoms with Gasteiger partial charge in [-0.15, -0.1) is 0 Å². The van der Waals surface area contributed by atoms with E-state index in [1.807, 2.05) is 43.9 Å². The zero-order valence-electron chi connectivity index (χ0n) is 13.9. The van der Waals surface area contributed by atoms with Crippen molar-refractivity contribution in [3.63, 3.8) is 0 Å². The first-order valence-corrected chi connectivity index (χ1v) is 7.89. The Kier molecular flexibility index (Phi) is 4.89. The van der Waals surface area contributed by atoms with Gasteiger partial charge in [-0.2, -0.15) is 0 Å². The molecule has 2 rings (SSSR count). The second-order valence-electron chi connectivity index (χ2n) is 6.72. The van der Waals surface area contributed by atoms with Gasteiger partial charge in [0.1, 0.15) is 0 Å². The molecule has 0 N–H and O–H groups in total. The van der Waals surface area contributed by atoms with Crippen molar-refractivity contribution in [1.29, 1.82) is 0 Å². The molecule has 0 saturated carbocycles. The van der Waals surface area contributed by atoms with Crippen LogP contribution >= 0.6 is 0 Å². The Balaban J connectivity index is 2.34. The lowest BCUT2D eigenvalue weighted by atomic mass is 9.87. The third-order valence-electron chi connectivity index (χ3n) is 3.98. The van der Waals surface area contributed by atoms with Gasteiger partial charge in [0.15, 0.2) is 0 Å². The summed E-state index contributed by atoms with van der Waals surface area (Å²) in [6.07, 6.45) is 1.05. The topological polar surface area (TPSA) is 46.6 Å². The normalized spacial score (nSPS) is 17.8. The van der Waals surface area contributed by atoms with Crippen molar-refractivity contribution >= 4 is 11.9 Å². The van der Waals surface area contributed by atoms with Crippen molar-refractivity contribution in [2.45, 2.75) is 46.6 Å². The van der Waals surface area contributed by atoms with Gasteiger partial charge in [0.05, 0.1) is 19.1 Å². The zero-order chi connectivity index (χ0) is 16.3. The molecule has 1 unspecified atom stereocenters. The maximum atomic E-state index is 12.8. The van der Waals surface area contributed by atoms with E-state index in [4.69, 9.17) is 4.74 Å². The van der Waals surface area contributed by atoms with Crippen molar-refractivity contribution in [2.75, 3.05) is 13.2 Å². The van der Waals surface area contributed by atoms with Crippen LogP contribution in [0.1, 0.15) is 51.3 Å². The van der Waals surface area contributed by atoms with Crippen molar-refractivity contribution < 1.29 is 14.3 Å². The molecular formula is C18H25NO3. The standard InChI is InChI=1S/C18H25NO3/c1-5-22-16(20)12-15-14-9-7-6-8-13(14)10-11-19(15)17(21)18(2,3)4/h6-9,15H,5,10-12H2,1-4H3. The highest BCUT2D eigenvalue weighted by Crippen LogP contribution is 2.35. The average molecular weight is 303 g/mol. The molecule has 0 radical (unpaired) electrons. The van der Waals surface area contributed by atoms with Crippen LogP contribution in [0.2, 0.25) is 0 Å². The first-order chi connectivity index (χ1) is 10.3. The van der Waals surface area contributed by atoms with Crippen molar-refractivity contribution in [2.24, 2.45) is 5.41 Å².